The van der Waals surface area contributed by atoms with Crippen LogP contribution in [0.4, 0.5) is 0 Å². The lowest BCUT2D eigenvalue weighted by atomic mass is 9.86. The van der Waals surface area contributed by atoms with E-state index in [9.17, 15) is 4.79 Å². The van der Waals surface area contributed by atoms with E-state index >= 15 is 0 Å². The fraction of sp³-hybridized carbons (Fsp3) is 0.667. The van der Waals surface area contributed by atoms with Crippen molar-refractivity contribution in [3.8, 4) is 11.4 Å². The van der Waals surface area contributed by atoms with Gasteiger partial charge in [0.2, 0.25) is 5.91 Å². The Kier molecular flexibility index (Phi) is 7.52. The van der Waals surface area contributed by atoms with Gasteiger partial charge in [0, 0.05) is 24.7 Å². The molecule has 2 aliphatic rings. The summed E-state index contributed by atoms with van der Waals surface area (Å²) in [5.41, 5.74) is 2.55. The van der Waals surface area contributed by atoms with Crippen molar-refractivity contribution in [2.24, 2.45) is 11.8 Å². The van der Waals surface area contributed by atoms with Crippen molar-refractivity contribution in [2.45, 2.75) is 89.8 Å². The van der Waals surface area contributed by atoms with Crippen molar-refractivity contribution >= 4 is 17.7 Å². The van der Waals surface area contributed by atoms with Crippen molar-refractivity contribution < 1.29 is 4.79 Å². The molecule has 2 unspecified atom stereocenters. The van der Waals surface area contributed by atoms with Crippen LogP contribution in [0.15, 0.2) is 29.4 Å². The molecule has 1 amide bonds. The molecule has 0 N–H and O–H groups in total. The number of carbonyl (C=O) groups is 1. The van der Waals surface area contributed by atoms with Gasteiger partial charge in [-0.15, -0.1) is 10.2 Å². The van der Waals surface area contributed by atoms with Gasteiger partial charge in [-0.3, -0.25) is 9.36 Å². The number of aromatic nitrogens is 3. The number of hydrogen-bond acceptors (Lipinski definition) is 4. The zero-order valence-corrected chi connectivity index (χ0v) is 21.8. The number of hydrogen-bond donors (Lipinski definition) is 0. The molecule has 2 fully saturated rings. The zero-order valence-electron chi connectivity index (χ0n) is 21.0. The Labute approximate surface area is 203 Å². The van der Waals surface area contributed by atoms with E-state index in [1.807, 2.05) is 0 Å². The summed E-state index contributed by atoms with van der Waals surface area (Å²) in [6.45, 7) is 13.0. The molecular weight excluding hydrogens is 428 g/mol. The number of likely N-dealkylation sites (tertiary alicyclic amines) is 1. The van der Waals surface area contributed by atoms with Crippen LogP contribution in [0.25, 0.3) is 11.4 Å². The molecule has 0 spiro atoms. The number of benzene rings is 1. The van der Waals surface area contributed by atoms with Gasteiger partial charge < -0.3 is 4.90 Å². The third-order valence-corrected chi connectivity index (χ3v) is 8.09. The van der Waals surface area contributed by atoms with Crippen molar-refractivity contribution in [3.05, 3.63) is 29.8 Å². The highest BCUT2D eigenvalue weighted by atomic mass is 32.2. The highest BCUT2D eigenvalue weighted by molar-refractivity contribution is 7.99. The van der Waals surface area contributed by atoms with Crippen LogP contribution in [0.3, 0.4) is 0 Å². The maximum absolute atomic E-state index is 13.0. The van der Waals surface area contributed by atoms with Crippen LogP contribution in [-0.2, 0) is 10.2 Å². The first-order chi connectivity index (χ1) is 15.7. The third kappa shape index (κ3) is 5.82. The second kappa shape index (κ2) is 10.2. The van der Waals surface area contributed by atoms with E-state index in [-0.39, 0.29) is 11.3 Å². The number of nitrogens with zero attached hydrogens (tertiary/aromatic N) is 4. The summed E-state index contributed by atoms with van der Waals surface area (Å²) < 4.78 is 2.34. The van der Waals surface area contributed by atoms with Crippen LogP contribution in [0.5, 0.6) is 0 Å². The minimum Gasteiger partial charge on any atom is -0.341 e. The first kappa shape index (κ1) is 24.3. The summed E-state index contributed by atoms with van der Waals surface area (Å²) in [4.78, 5) is 15.1. The largest absolute Gasteiger partial charge is 0.341 e. The summed E-state index contributed by atoms with van der Waals surface area (Å²) in [5.74, 6) is 2.77. The van der Waals surface area contributed by atoms with Gasteiger partial charge in [-0.2, -0.15) is 0 Å². The lowest BCUT2D eigenvalue weighted by Crippen LogP contribution is -2.43. The van der Waals surface area contributed by atoms with Crippen molar-refractivity contribution in [1.82, 2.24) is 19.7 Å². The first-order valence-corrected chi connectivity index (χ1v) is 13.7. The van der Waals surface area contributed by atoms with Crippen molar-refractivity contribution in [1.29, 1.82) is 0 Å². The smallest absolute Gasteiger partial charge is 0.233 e. The number of carbonyl (C=O) groups excluding carboxylic acids is 1. The van der Waals surface area contributed by atoms with Gasteiger partial charge in [-0.05, 0) is 42.1 Å². The molecule has 5 nitrogen and oxygen atoms in total. The summed E-state index contributed by atoms with van der Waals surface area (Å²) >= 11 is 1.57. The average molecular weight is 469 g/mol. The maximum atomic E-state index is 13.0. The lowest BCUT2D eigenvalue weighted by molar-refractivity contribution is -0.130. The van der Waals surface area contributed by atoms with Gasteiger partial charge in [-0.25, -0.2) is 0 Å². The molecule has 0 radical (unpaired) electrons. The molecule has 6 heteroatoms. The van der Waals surface area contributed by atoms with E-state index in [4.69, 9.17) is 0 Å². The minimum atomic E-state index is 0.125. The van der Waals surface area contributed by atoms with Gasteiger partial charge >= 0.3 is 0 Å². The van der Waals surface area contributed by atoms with Gasteiger partial charge in [-0.1, -0.05) is 89.9 Å². The normalized spacial score (nSPS) is 22.5. The predicted octanol–water partition coefficient (Wildman–Crippen LogP) is 6.34. The van der Waals surface area contributed by atoms with Crippen molar-refractivity contribution in [2.75, 3.05) is 18.8 Å². The number of amides is 1. The molecule has 1 saturated heterocycles. The number of piperidine rings is 1. The van der Waals surface area contributed by atoms with Crippen LogP contribution < -0.4 is 0 Å². The van der Waals surface area contributed by atoms with E-state index in [0.29, 0.717) is 23.6 Å². The molecule has 1 saturated carbocycles. The number of thioether (sulfide) groups is 1. The summed E-state index contributed by atoms with van der Waals surface area (Å²) in [6, 6.07) is 9.20. The molecule has 180 valence electrons. The standard InChI is InChI=1S/C27H40N4OS/c1-19-15-20(2)17-30(16-19)24(32)18-33-26-29-28-25(31(26)23-9-7-6-8-10-23)21-11-13-22(14-12-21)27(3,4)5/h11-14,19-20,23H,6-10,15-18H2,1-5H3. The zero-order chi connectivity index (χ0) is 23.6. The van der Waals surface area contributed by atoms with Gasteiger partial charge in [0.1, 0.15) is 0 Å². The van der Waals surface area contributed by atoms with Crippen LogP contribution >= 0.6 is 11.8 Å². The Bertz CT molecular complexity index is 930. The molecule has 1 aliphatic carbocycles. The van der Waals surface area contributed by atoms with E-state index in [2.05, 4.69) is 78.5 Å². The SMILES string of the molecule is CC1CC(C)CN(C(=O)CSc2nnc(-c3ccc(C(C)(C)C)cc3)n2C2CCCCC2)C1. The van der Waals surface area contributed by atoms with E-state index in [0.717, 1.165) is 42.5 Å². The van der Waals surface area contributed by atoms with Crippen molar-refractivity contribution in [3.63, 3.8) is 0 Å². The highest BCUT2D eigenvalue weighted by Crippen LogP contribution is 2.36. The van der Waals surface area contributed by atoms with E-state index < -0.39 is 0 Å². The van der Waals surface area contributed by atoms with Gasteiger partial charge in [0.25, 0.3) is 0 Å². The summed E-state index contributed by atoms with van der Waals surface area (Å²) in [7, 11) is 0. The van der Waals surface area contributed by atoms with Gasteiger partial charge in [0.15, 0.2) is 11.0 Å². The molecule has 2 heterocycles. The Hall–Kier alpha value is -1.82. The first-order valence-electron chi connectivity index (χ1n) is 12.7. The maximum Gasteiger partial charge on any atom is 0.233 e. The van der Waals surface area contributed by atoms with E-state index in [1.165, 1.54) is 31.2 Å². The summed E-state index contributed by atoms with van der Waals surface area (Å²) in [5, 5.41) is 10.1. The van der Waals surface area contributed by atoms with Crippen LogP contribution in [0.2, 0.25) is 0 Å². The molecule has 2 aromatic rings. The minimum absolute atomic E-state index is 0.125. The highest BCUT2D eigenvalue weighted by Gasteiger charge is 2.28. The van der Waals surface area contributed by atoms with E-state index in [1.54, 1.807) is 11.8 Å². The topological polar surface area (TPSA) is 51.0 Å². The second-order valence-electron chi connectivity index (χ2n) is 11.3. The van der Waals surface area contributed by atoms with Crippen LogP contribution in [0, 0.1) is 11.8 Å². The quantitative estimate of drug-likeness (QED) is 0.480. The molecule has 1 aromatic carbocycles. The second-order valence-corrected chi connectivity index (χ2v) is 12.3. The summed E-state index contributed by atoms with van der Waals surface area (Å²) in [6.07, 6.45) is 7.34. The Morgan fingerprint density at radius 3 is 2.24 bits per heavy atom. The molecule has 2 atom stereocenters. The van der Waals surface area contributed by atoms with Gasteiger partial charge in [0.05, 0.1) is 5.75 Å². The Morgan fingerprint density at radius 1 is 1.00 bits per heavy atom. The molecule has 0 bridgehead atoms. The molecule has 33 heavy (non-hydrogen) atoms. The number of rotatable bonds is 5. The van der Waals surface area contributed by atoms with Crippen LogP contribution in [-0.4, -0.2) is 44.4 Å². The molecule has 1 aromatic heterocycles. The lowest BCUT2D eigenvalue weighted by Gasteiger charge is -2.35. The molecule has 1 aliphatic heterocycles. The third-order valence-electron chi connectivity index (χ3n) is 7.16. The Morgan fingerprint density at radius 2 is 1.64 bits per heavy atom. The monoisotopic (exact) mass is 468 g/mol. The fourth-order valence-electron chi connectivity index (χ4n) is 5.44. The predicted molar refractivity (Wildman–Crippen MR) is 137 cm³/mol. The molecule has 4 rings (SSSR count). The fourth-order valence-corrected chi connectivity index (χ4v) is 6.35. The van der Waals surface area contributed by atoms with Crippen LogP contribution in [0.1, 0.15) is 84.7 Å². The Balaban J connectivity index is 1.55. The molecular formula is C27H40N4OS. The average Bonchev–Trinajstić information content (AvgIpc) is 3.21.